The van der Waals surface area contributed by atoms with E-state index in [-0.39, 0.29) is 30.9 Å². The number of rotatable bonds is 4. The smallest absolute Gasteiger partial charge is 0.314 e. The summed E-state index contributed by atoms with van der Waals surface area (Å²) in [5.74, 6) is 0.444. The van der Waals surface area contributed by atoms with E-state index in [9.17, 15) is 13.2 Å². The third-order valence-electron chi connectivity index (χ3n) is 3.89. The van der Waals surface area contributed by atoms with Gasteiger partial charge in [-0.2, -0.15) is 13.2 Å². The van der Waals surface area contributed by atoms with Crippen LogP contribution in [0.15, 0.2) is 24.3 Å². The number of nitrogens with one attached hydrogen (secondary N) is 1. The van der Waals surface area contributed by atoms with Gasteiger partial charge in [-0.25, -0.2) is 0 Å². The fourth-order valence-electron chi connectivity index (χ4n) is 2.86. The zero-order valence-electron chi connectivity index (χ0n) is 13.4. The number of hydrogen-bond acceptors (Lipinski definition) is 2. The maximum Gasteiger partial charge on any atom is 0.416 e. The second-order valence-corrected chi connectivity index (χ2v) is 6.05. The van der Waals surface area contributed by atoms with Crippen LogP contribution >= 0.6 is 24.8 Å². The van der Waals surface area contributed by atoms with E-state index in [0.717, 1.165) is 44.2 Å². The summed E-state index contributed by atoms with van der Waals surface area (Å²) in [6, 6.07) is 5.87. The summed E-state index contributed by atoms with van der Waals surface area (Å²) in [7, 11) is 0. The highest BCUT2D eigenvalue weighted by Crippen LogP contribution is 2.34. The third kappa shape index (κ3) is 6.49. The number of alkyl halides is 3. The van der Waals surface area contributed by atoms with Gasteiger partial charge >= 0.3 is 6.18 Å². The molecular weight excluding hydrogens is 348 g/mol. The molecule has 0 saturated carbocycles. The Morgan fingerprint density at radius 3 is 2.26 bits per heavy atom. The quantitative estimate of drug-likeness (QED) is 0.834. The molecule has 1 aromatic rings. The highest BCUT2D eigenvalue weighted by atomic mass is 35.5. The van der Waals surface area contributed by atoms with Crippen LogP contribution in [0.25, 0.3) is 0 Å². The Labute approximate surface area is 148 Å². The molecule has 23 heavy (non-hydrogen) atoms. The molecule has 0 unspecified atom stereocenters. The lowest BCUT2D eigenvalue weighted by Gasteiger charge is -2.36. The Morgan fingerprint density at radius 1 is 1.13 bits per heavy atom. The molecule has 2 nitrogen and oxygen atoms in total. The molecule has 1 N–H and O–H groups in total. The van der Waals surface area contributed by atoms with E-state index in [1.165, 1.54) is 12.1 Å². The van der Waals surface area contributed by atoms with E-state index in [1.807, 2.05) is 6.07 Å². The molecule has 1 aliphatic heterocycles. The van der Waals surface area contributed by atoms with E-state index >= 15 is 0 Å². The van der Waals surface area contributed by atoms with Gasteiger partial charge in [-0.1, -0.05) is 26.0 Å². The lowest BCUT2D eigenvalue weighted by atomic mass is 9.94. The molecule has 1 fully saturated rings. The van der Waals surface area contributed by atoms with Crippen LogP contribution in [0.2, 0.25) is 0 Å². The maximum absolute atomic E-state index is 12.9. The minimum atomic E-state index is -4.28. The molecule has 1 aromatic carbocycles. The van der Waals surface area contributed by atoms with Crippen LogP contribution in [0.5, 0.6) is 0 Å². The second kappa shape index (κ2) is 9.72. The summed E-state index contributed by atoms with van der Waals surface area (Å²) in [5.41, 5.74) is 0.226. The summed E-state index contributed by atoms with van der Waals surface area (Å²) in [4.78, 5) is 2.30. The molecule has 7 heteroatoms. The van der Waals surface area contributed by atoms with Crippen molar-refractivity contribution in [1.29, 1.82) is 0 Å². The van der Waals surface area contributed by atoms with Gasteiger partial charge in [0.2, 0.25) is 0 Å². The summed E-state index contributed by atoms with van der Waals surface area (Å²) in [6.45, 7) is 7.79. The zero-order valence-corrected chi connectivity index (χ0v) is 15.0. The molecule has 2 rings (SSSR count). The van der Waals surface area contributed by atoms with Crippen LogP contribution in [-0.2, 0) is 6.18 Å². The molecule has 0 spiro atoms. The Hall–Kier alpha value is -0.490. The van der Waals surface area contributed by atoms with E-state index in [4.69, 9.17) is 0 Å². The van der Waals surface area contributed by atoms with Gasteiger partial charge in [0, 0.05) is 32.2 Å². The van der Waals surface area contributed by atoms with Crippen LogP contribution in [0.4, 0.5) is 13.2 Å². The molecule has 0 aliphatic carbocycles. The summed E-state index contributed by atoms with van der Waals surface area (Å²) in [5, 5.41) is 3.29. The largest absolute Gasteiger partial charge is 0.416 e. The van der Waals surface area contributed by atoms with Crippen LogP contribution in [0, 0.1) is 5.92 Å². The van der Waals surface area contributed by atoms with Crippen molar-refractivity contribution in [3.8, 4) is 0 Å². The van der Waals surface area contributed by atoms with Crippen molar-refractivity contribution >= 4 is 24.8 Å². The molecule has 0 amide bonds. The third-order valence-corrected chi connectivity index (χ3v) is 3.89. The first-order chi connectivity index (χ1) is 9.88. The number of hydrogen-bond donors (Lipinski definition) is 1. The number of halogens is 5. The van der Waals surface area contributed by atoms with Gasteiger partial charge in [-0.3, -0.25) is 4.90 Å². The summed E-state index contributed by atoms with van der Waals surface area (Å²) >= 11 is 0. The zero-order chi connectivity index (χ0) is 15.5. The molecule has 0 aromatic heterocycles. The van der Waals surface area contributed by atoms with Crippen LogP contribution in [0.3, 0.4) is 0 Å². The average molecular weight is 373 g/mol. The average Bonchev–Trinajstić information content (AvgIpc) is 2.45. The van der Waals surface area contributed by atoms with Gasteiger partial charge in [-0.05, 0) is 30.0 Å². The first-order valence-electron chi connectivity index (χ1n) is 7.50. The minimum absolute atomic E-state index is 0. The van der Waals surface area contributed by atoms with E-state index < -0.39 is 11.7 Å². The highest BCUT2D eigenvalue weighted by molar-refractivity contribution is 5.85. The molecular formula is C16H25Cl2F3N2. The molecule has 134 valence electrons. The standard InChI is InChI=1S/C16H23F3N2.2ClH/c1-12(2)10-15(21-8-6-20-7-9-21)13-4-3-5-14(11-13)16(17,18)19;;/h3-5,11-12,15,20H,6-10H2,1-2H3;2*1H/t15-;;/m0../s1. The Bertz CT molecular complexity index is 461. The van der Waals surface area contributed by atoms with Crippen molar-refractivity contribution in [3.63, 3.8) is 0 Å². The van der Waals surface area contributed by atoms with E-state index in [2.05, 4.69) is 24.1 Å². The van der Waals surface area contributed by atoms with Crippen molar-refractivity contribution in [2.75, 3.05) is 26.2 Å². The molecule has 0 radical (unpaired) electrons. The summed E-state index contributed by atoms with van der Waals surface area (Å²) < 4.78 is 38.7. The predicted octanol–water partition coefficient (Wildman–Crippen LogP) is 4.54. The first-order valence-corrected chi connectivity index (χ1v) is 7.50. The number of piperazine rings is 1. The van der Waals surface area contributed by atoms with Gasteiger partial charge < -0.3 is 5.32 Å². The normalized spacial score (nSPS) is 17.3. The van der Waals surface area contributed by atoms with Crippen LogP contribution in [0.1, 0.15) is 37.4 Å². The predicted molar refractivity (Wildman–Crippen MR) is 92.6 cm³/mol. The van der Waals surface area contributed by atoms with Gasteiger partial charge in [0.15, 0.2) is 0 Å². The maximum atomic E-state index is 12.9. The lowest BCUT2D eigenvalue weighted by molar-refractivity contribution is -0.137. The summed E-state index contributed by atoms with van der Waals surface area (Å²) in [6.07, 6.45) is -3.40. The van der Waals surface area contributed by atoms with Gasteiger partial charge in [0.05, 0.1) is 5.56 Å². The van der Waals surface area contributed by atoms with Crippen molar-refractivity contribution in [1.82, 2.24) is 10.2 Å². The van der Waals surface area contributed by atoms with Gasteiger partial charge in [-0.15, -0.1) is 24.8 Å². The van der Waals surface area contributed by atoms with Crippen molar-refractivity contribution < 1.29 is 13.2 Å². The van der Waals surface area contributed by atoms with Crippen LogP contribution < -0.4 is 5.32 Å². The highest BCUT2D eigenvalue weighted by Gasteiger charge is 2.32. The Balaban J connectivity index is 0.00000242. The molecule has 0 bridgehead atoms. The SMILES string of the molecule is CC(C)C[C@@H](c1cccc(C(F)(F)F)c1)N1CCNCC1.Cl.Cl. The monoisotopic (exact) mass is 372 g/mol. The topological polar surface area (TPSA) is 15.3 Å². The minimum Gasteiger partial charge on any atom is -0.314 e. The van der Waals surface area contributed by atoms with Crippen LogP contribution in [-0.4, -0.2) is 31.1 Å². The van der Waals surface area contributed by atoms with E-state index in [1.54, 1.807) is 0 Å². The fraction of sp³-hybridized carbons (Fsp3) is 0.625. The second-order valence-electron chi connectivity index (χ2n) is 6.05. The molecule has 1 heterocycles. The van der Waals surface area contributed by atoms with Crippen molar-refractivity contribution in [2.45, 2.75) is 32.5 Å². The Morgan fingerprint density at radius 2 is 1.74 bits per heavy atom. The molecule has 1 saturated heterocycles. The van der Waals surface area contributed by atoms with Crippen molar-refractivity contribution in [3.05, 3.63) is 35.4 Å². The lowest BCUT2D eigenvalue weighted by Crippen LogP contribution is -2.45. The molecule has 1 atom stereocenters. The fourth-order valence-corrected chi connectivity index (χ4v) is 2.86. The molecule has 1 aliphatic rings. The van der Waals surface area contributed by atoms with E-state index in [0.29, 0.717) is 5.92 Å². The van der Waals surface area contributed by atoms with Crippen molar-refractivity contribution in [2.24, 2.45) is 5.92 Å². The van der Waals surface area contributed by atoms with Gasteiger partial charge in [0.1, 0.15) is 0 Å². The first kappa shape index (κ1) is 22.5. The Kier molecular flexibility index (Phi) is 9.51. The van der Waals surface area contributed by atoms with Gasteiger partial charge in [0.25, 0.3) is 0 Å². The number of nitrogens with zero attached hydrogens (tertiary/aromatic N) is 1. The number of benzene rings is 1.